The molecule has 7 nitrogen and oxygen atoms in total. The number of aryl methyl sites for hydroxylation is 1. The minimum absolute atomic E-state index is 0.158. The number of benzene rings is 2. The molecule has 0 bridgehead atoms. The Kier molecular flexibility index (Phi) is 7.77. The van der Waals surface area contributed by atoms with E-state index in [0.29, 0.717) is 13.0 Å². The number of ether oxygens (including phenoxy) is 2. The van der Waals surface area contributed by atoms with Crippen LogP contribution >= 0.6 is 11.6 Å². The summed E-state index contributed by atoms with van der Waals surface area (Å²) in [5.74, 6) is -4.79. The van der Waals surface area contributed by atoms with Crippen molar-refractivity contribution in [1.29, 1.82) is 0 Å². The van der Waals surface area contributed by atoms with E-state index in [0.717, 1.165) is 25.4 Å². The molecule has 36 heavy (non-hydrogen) atoms. The molecule has 1 amide bonds. The van der Waals surface area contributed by atoms with Crippen LogP contribution in [0.5, 0.6) is 5.75 Å². The number of hydrogen-bond donors (Lipinski definition) is 1. The molecule has 0 aliphatic heterocycles. The number of nitrogens with one attached hydrogen (secondary N) is 1. The van der Waals surface area contributed by atoms with Crippen LogP contribution in [0.3, 0.4) is 0 Å². The van der Waals surface area contributed by atoms with E-state index < -0.39 is 58.4 Å². The van der Waals surface area contributed by atoms with Crippen LogP contribution in [0.4, 0.5) is 27.6 Å². The zero-order valence-electron chi connectivity index (χ0n) is 18.8. The molecule has 1 aromatic heterocycles. The summed E-state index contributed by atoms with van der Waals surface area (Å²) in [6, 6.07) is 4.92. The molecular formula is C23H17ClF5N3O4. The molecule has 0 saturated carbocycles. The maximum Gasteiger partial charge on any atom is 0.425 e. The Morgan fingerprint density at radius 2 is 1.83 bits per heavy atom. The number of esters is 1. The van der Waals surface area contributed by atoms with E-state index in [4.69, 9.17) is 16.3 Å². The van der Waals surface area contributed by atoms with Crippen LogP contribution in [0.1, 0.15) is 33.5 Å². The normalized spacial score (nSPS) is 12.1. The van der Waals surface area contributed by atoms with Crippen LogP contribution in [-0.2, 0) is 4.74 Å². The zero-order chi connectivity index (χ0) is 26.8. The number of para-hydroxylation sites is 1. The highest BCUT2D eigenvalue weighted by atomic mass is 35.5. The molecule has 3 aromatic rings. The van der Waals surface area contributed by atoms with Gasteiger partial charge in [-0.25, -0.2) is 18.6 Å². The highest BCUT2D eigenvalue weighted by molar-refractivity contribution is 6.34. The molecule has 0 aliphatic rings. The van der Waals surface area contributed by atoms with E-state index in [-0.39, 0.29) is 22.1 Å². The van der Waals surface area contributed by atoms with E-state index in [9.17, 15) is 27.2 Å². The van der Waals surface area contributed by atoms with Gasteiger partial charge in [0.05, 0.1) is 41.0 Å². The number of amides is 1. The van der Waals surface area contributed by atoms with Crippen LogP contribution in [0, 0.1) is 18.6 Å². The van der Waals surface area contributed by atoms with E-state index in [1.165, 1.54) is 19.1 Å². The average molecular weight is 530 g/mol. The van der Waals surface area contributed by atoms with Gasteiger partial charge in [0.25, 0.3) is 5.91 Å². The Morgan fingerprint density at radius 3 is 2.44 bits per heavy atom. The molecule has 0 saturated heterocycles. The van der Waals surface area contributed by atoms with E-state index in [1.54, 1.807) is 0 Å². The number of hydrogen-bond acceptors (Lipinski definition) is 6. The third kappa shape index (κ3) is 5.70. The summed E-state index contributed by atoms with van der Waals surface area (Å²) in [5.41, 5.74) is -1.90. The smallest absolute Gasteiger partial charge is 0.425 e. The van der Waals surface area contributed by atoms with Gasteiger partial charge in [-0.3, -0.25) is 9.78 Å². The lowest BCUT2D eigenvalue weighted by Gasteiger charge is -2.21. The van der Waals surface area contributed by atoms with Crippen LogP contribution in [0.15, 0.2) is 36.5 Å². The number of anilines is 1. The summed E-state index contributed by atoms with van der Waals surface area (Å²) in [5, 5.41) is 1.91. The van der Waals surface area contributed by atoms with Crippen LogP contribution in [0.2, 0.25) is 5.02 Å². The van der Waals surface area contributed by atoms with Gasteiger partial charge in [0, 0.05) is 5.56 Å². The largest absolute Gasteiger partial charge is 0.480 e. The number of halogens is 6. The highest BCUT2D eigenvalue weighted by Crippen LogP contribution is 2.34. The summed E-state index contributed by atoms with van der Waals surface area (Å²) in [7, 11) is 1.09. The standard InChI is InChI=1S/C23H17ClF5N3O4/c1-10-19(22(34)35-3)31-17(9-30-10)12-8-18(36-11(2)23(27,28)29)13(7-16(12)26)21(33)32-20-14(24)5-4-6-15(20)25/h4-9,11H,1-3H3,(H,32,33). The number of methoxy groups -OCH3 is 1. The monoisotopic (exact) mass is 529 g/mol. The fourth-order valence-electron chi connectivity index (χ4n) is 2.95. The lowest BCUT2D eigenvalue weighted by Crippen LogP contribution is -2.32. The molecule has 190 valence electrons. The van der Waals surface area contributed by atoms with Crippen LogP contribution < -0.4 is 10.1 Å². The van der Waals surface area contributed by atoms with Crippen molar-refractivity contribution in [1.82, 2.24) is 9.97 Å². The topological polar surface area (TPSA) is 90.4 Å². The Labute approximate surface area is 206 Å². The maximum absolute atomic E-state index is 15.1. The first-order chi connectivity index (χ1) is 16.8. The molecule has 0 spiro atoms. The zero-order valence-corrected chi connectivity index (χ0v) is 19.6. The van der Waals surface area contributed by atoms with Gasteiger partial charge in [-0.1, -0.05) is 17.7 Å². The van der Waals surface area contributed by atoms with Gasteiger partial charge in [-0.15, -0.1) is 0 Å². The molecule has 13 heteroatoms. The van der Waals surface area contributed by atoms with E-state index >= 15 is 4.39 Å². The first kappa shape index (κ1) is 26.8. The lowest BCUT2D eigenvalue weighted by molar-refractivity contribution is -0.189. The Hall–Kier alpha value is -3.80. The second-order valence-corrected chi connectivity index (χ2v) is 7.77. The van der Waals surface area contributed by atoms with Gasteiger partial charge in [0.2, 0.25) is 0 Å². The first-order valence-corrected chi connectivity index (χ1v) is 10.5. The first-order valence-electron chi connectivity index (χ1n) is 10.1. The molecule has 1 heterocycles. The van der Waals surface area contributed by atoms with E-state index in [1.807, 2.05) is 0 Å². The molecular weight excluding hydrogens is 513 g/mol. The highest BCUT2D eigenvalue weighted by Gasteiger charge is 2.39. The Balaban J connectivity index is 2.13. The molecule has 1 atom stereocenters. The summed E-state index contributed by atoms with van der Waals surface area (Å²) >= 11 is 5.88. The van der Waals surface area contributed by atoms with Crippen molar-refractivity contribution in [3.63, 3.8) is 0 Å². The third-order valence-corrected chi connectivity index (χ3v) is 5.20. The van der Waals surface area contributed by atoms with Gasteiger partial charge < -0.3 is 14.8 Å². The SMILES string of the molecule is COC(=O)c1nc(-c2cc(OC(C)C(F)(F)F)c(C(=O)Nc3c(F)cccc3Cl)cc2F)cnc1C. The quantitative estimate of drug-likeness (QED) is 0.323. The predicted molar refractivity (Wildman–Crippen MR) is 119 cm³/mol. The van der Waals surface area contributed by atoms with Crippen molar-refractivity contribution in [2.24, 2.45) is 0 Å². The van der Waals surface area contributed by atoms with Crippen LogP contribution in [-0.4, -0.2) is 41.2 Å². The maximum atomic E-state index is 15.1. The van der Waals surface area contributed by atoms with Crippen molar-refractivity contribution in [3.05, 3.63) is 70.1 Å². The number of rotatable bonds is 6. The number of alkyl halides is 3. The summed E-state index contributed by atoms with van der Waals surface area (Å²) in [6.07, 6.45) is -6.16. The second kappa shape index (κ2) is 10.4. The van der Waals surface area contributed by atoms with Crippen molar-refractivity contribution in [2.45, 2.75) is 26.1 Å². The van der Waals surface area contributed by atoms with Gasteiger partial charge in [0.1, 0.15) is 17.4 Å². The Morgan fingerprint density at radius 1 is 1.14 bits per heavy atom. The molecule has 2 aromatic carbocycles. The third-order valence-electron chi connectivity index (χ3n) is 4.89. The summed E-state index contributed by atoms with van der Waals surface area (Å²) in [4.78, 5) is 32.7. The Bertz CT molecular complexity index is 1310. The van der Waals surface area contributed by atoms with E-state index in [2.05, 4.69) is 20.0 Å². The second-order valence-electron chi connectivity index (χ2n) is 7.36. The number of carbonyl (C=O) groups is 2. The molecule has 3 rings (SSSR count). The van der Waals surface area contributed by atoms with Gasteiger partial charge in [-0.05, 0) is 38.1 Å². The molecule has 1 unspecified atom stereocenters. The van der Waals surface area contributed by atoms with Crippen molar-refractivity contribution in [2.75, 3.05) is 12.4 Å². The minimum Gasteiger partial charge on any atom is -0.480 e. The fourth-order valence-corrected chi connectivity index (χ4v) is 3.16. The lowest BCUT2D eigenvalue weighted by atomic mass is 10.1. The van der Waals surface area contributed by atoms with Gasteiger partial charge in [-0.2, -0.15) is 13.2 Å². The molecule has 1 N–H and O–H groups in total. The van der Waals surface area contributed by atoms with Crippen LogP contribution in [0.25, 0.3) is 11.3 Å². The summed E-state index contributed by atoms with van der Waals surface area (Å²) in [6.45, 7) is 2.12. The molecule has 0 fully saturated rings. The van der Waals surface area contributed by atoms with Crippen molar-refractivity contribution < 1.29 is 41.0 Å². The van der Waals surface area contributed by atoms with Crippen molar-refractivity contribution >= 4 is 29.2 Å². The fraction of sp³-hybridized carbons (Fsp3) is 0.217. The molecule has 0 radical (unpaired) electrons. The van der Waals surface area contributed by atoms with Crippen molar-refractivity contribution in [3.8, 4) is 17.0 Å². The van der Waals surface area contributed by atoms with Gasteiger partial charge >= 0.3 is 12.1 Å². The number of aromatic nitrogens is 2. The average Bonchev–Trinajstić information content (AvgIpc) is 2.81. The minimum atomic E-state index is -4.83. The molecule has 0 aliphatic carbocycles. The number of carbonyl (C=O) groups excluding carboxylic acids is 2. The predicted octanol–water partition coefficient (Wildman–Crippen LogP) is 5.75. The number of nitrogens with zero attached hydrogens (tertiary/aromatic N) is 2. The van der Waals surface area contributed by atoms with Gasteiger partial charge in [0.15, 0.2) is 11.8 Å². The summed E-state index contributed by atoms with van der Waals surface area (Å²) < 4.78 is 78.4.